The topological polar surface area (TPSA) is 62.1 Å². The van der Waals surface area contributed by atoms with Gasteiger partial charge in [0.05, 0.1) is 11.6 Å². The summed E-state index contributed by atoms with van der Waals surface area (Å²) in [6.07, 6.45) is 1.80. The van der Waals surface area contributed by atoms with Gasteiger partial charge in [-0.1, -0.05) is 18.5 Å². The lowest BCUT2D eigenvalue weighted by atomic mass is 10.3. The van der Waals surface area contributed by atoms with Crippen LogP contribution in [-0.2, 0) is 7.05 Å². The lowest BCUT2D eigenvalue weighted by Gasteiger charge is -2.34. The van der Waals surface area contributed by atoms with E-state index in [0.29, 0.717) is 5.02 Å². The summed E-state index contributed by atoms with van der Waals surface area (Å²) in [7, 11) is 1.90. The maximum Gasteiger partial charge on any atom is 0.229 e. The summed E-state index contributed by atoms with van der Waals surface area (Å²) in [6.45, 7) is 7.20. The Morgan fingerprint density at radius 2 is 1.81 bits per heavy atom. The van der Waals surface area contributed by atoms with Gasteiger partial charge in [-0.25, -0.2) is 0 Å². The highest BCUT2D eigenvalue weighted by atomic mass is 35.5. The van der Waals surface area contributed by atoms with Gasteiger partial charge in [0, 0.05) is 43.9 Å². The molecule has 1 aliphatic heterocycles. The van der Waals surface area contributed by atoms with E-state index in [0.717, 1.165) is 61.2 Å². The van der Waals surface area contributed by atoms with E-state index in [1.54, 1.807) is 10.9 Å². The summed E-state index contributed by atoms with van der Waals surface area (Å²) < 4.78 is 1.79. The molecule has 136 valence electrons. The lowest BCUT2D eigenvalue weighted by Crippen LogP contribution is -2.46. The standard InChI is InChI=1S/C18H22ClN7/c1-3-25-8-10-26(11-9-25)18-22-16(15-12-20-24(2)17(15)23-18)21-14-6-4-13(19)5-7-14/h4-7,12H,3,8-11H2,1-2H3,(H,21,22,23). The van der Waals surface area contributed by atoms with Gasteiger partial charge in [0.1, 0.15) is 5.82 Å². The van der Waals surface area contributed by atoms with Crippen LogP contribution in [0.4, 0.5) is 17.5 Å². The Balaban J connectivity index is 1.68. The van der Waals surface area contributed by atoms with Gasteiger partial charge in [-0.2, -0.15) is 15.1 Å². The molecule has 1 saturated heterocycles. The van der Waals surface area contributed by atoms with Crippen LogP contribution in [0.15, 0.2) is 30.5 Å². The number of likely N-dealkylation sites (N-methyl/N-ethyl adjacent to an activating group) is 1. The van der Waals surface area contributed by atoms with Crippen molar-refractivity contribution in [1.29, 1.82) is 0 Å². The minimum atomic E-state index is 0.708. The van der Waals surface area contributed by atoms with Crippen LogP contribution in [0.3, 0.4) is 0 Å². The summed E-state index contributed by atoms with van der Waals surface area (Å²) in [5, 5.41) is 9.35. The van der Waals surface area contributed by atoms with Gasteiger partial charge in [0.15, 0.2) is 5.65 Å². The number of aromatic nitrogens is 4. The minimum Gasteiger partial charge on any atom is -0.339 e. The van der Waals surface area contributed by atoms with Crippen molar-refractivity contribution in [3.8, 4) is 0 Å². The van der Waals surface area contributed by atoms with Gasteiger partial charge in [-0.05, 0) is 30.8 Å². The van der Waals surface area contributed by atoms with Crippen molar-refractivity contribution in [2.24, 2.45) is 7.05 Å². The van der Waals surface area contributed by atoms with Crippen LogP contribution in [0, 0.1) is 0 Å². The molecular formula is C18H22ClN7. The SMILES string of the molecule is CCN1CCN(c2nc(Nc3ccc(Cl)cc3)c3cnn(C)c3n2)CC1. The number of anilines is 3. The number of rotatable bonds is 4. The molecule has 4 rings (SSSR count). The number of nitrogens with one attached hydrogen (secondary N) is 1. The number of hydrogen-bond acceptors (Lipinski definition) is 6. The predicted octanol–water partition coefficient (Wildman–Crippen LogP) is 2.90. The molecule has 0 atom stereocenters. The van der Waals surface area contributed by atoms with E-state index >= 15 is 0 Å². The molecule has 1 aromatic carbocycles. The molecule has 0 bridgehead atoms. The molecule has 8 heteroatoms. The molecule has 0 amide bonds. The maximum absolute atomic E-state index is 5.99. The fraction of sp³-hybridized carbons (Fsp3) is 0.389. The summed E-state index contributed by atoms with van der Waals surface area (Å²) >= 11 is 5.99. The van der Waals surface area contributed by atoms with E-state index < -0.39 is 0 Å². The second kappa shape index (κ2) is 7.09. The first-order chi connectivity index (χ1) is 12.6. The number of halogens is 1. The second-order valence-electron chi connectivity index (χ2n) is 6.43. The summed E-state index contributed by atoms with van der Waals surface area (Å²) in [5.41, 5.74) is 1.75. The van der Waals surface area contributed by atoms with E-state index in [1.165, 1.54) is 0 Å². The van der Waals surface area contributed by atoms with Gasteiger partial charge >= 0.3 is 0 Å². The Labute approximate surface area is 157 Å². The molecule has 7 nitrogen and oxygen atoms in total. The van der Waals surface area contributed by atoms with Crippen LogP contribution in [0.1, 0.15) is 6.92 Å². The van der Waals surface area contributed by atoms with Gasteiger partial charge in [-0.3, -0.25) is 4.68 Å². The van der Waals surface area contributed by atoms with Crippen LogP contribution in [0.25, 0.3) is 11.0 Å². The van der Waals surface area contributed by atoms with Crippen LogP contribution < -0.4 is 10.2 Å². The van der Waals surface area contributed by atoms with Crippen LogP contribution in [0.2, 0.25) is 5.02 Å². The first kappa shape index (κ1) is 17.1. The van der Waals surface area contributed by atoms with Crippen LogP contribution in [-0.4, -0.2) is 57.4 Å². The molecule has 0 aliphatic carbocycles. The van der Waals surface area contributed by atoms with E-state index in [1.807, 2.05) is 31.3 Å². The fourth-order valence-corrected chi connectivity index (χ4v) is 3.31. The van der Waals surface area contributed by atoms with Crippen molar-refractivity contribution in [3.05, 3.63) is 35.5 Å². The zero-order valence-corrected chi connectivity index (χ0v) is 15.7. The van der Waals surface area contributed by atoms with E-state index in [4.69, 9.17) is 21.6 Å². The molecule has 0 saturated carbocycles. The van der Waals surface area contributed by atoms with E-state index in [9.17, 15) is 0 Å². The molecule has 3 heterocycles. The van der Waals surface area contributed by atoms with E-state index in [-0.39, 0.29) is 0 Å². The highest BCUT2D eigenvalue weighted by Gasteiger charge is 2.20. The van der Waals surface area contributed by atoms with Crippen LogP contribution >= 0.6 is 11.6 Å². The smallest absolute Gasteiger partial charge is 0.229 e. The number of piperazine rings is 1. The molecule has 3 aromatic rings. The van der Waals surface area contributed by atoms with Gasteiger partial charge < -0.3 is 15.1 Å². The third-order valence-corrected chi connectivity index (χ3v) is 5.04. The Bertz CT molecular complexity index is 898. The van der Waals surface area contributed by atoms with Crippen molar-refractivity contribution in [2.75, 3.05) is 42.9 Å². The predicted molar refractivity (Wildman–Crippen MR) is 105 cm³/mol. The van der Waals surface area contributed by atoms with Crippen molar-refractivity contribution in [2.45, 2.75) is 6.92 Å². The second-order valence-corrected chi connectivity index (χ2v) is 6.87. The normalized spacial score (nSPS) is 15.6. The number of nitrogens with zero attached hydrogens (tertiary/aromatic N) is 6. The van der Waals surface area contributed by atoms with Gasteiger partial charge in [0.2, 0.25) is 5.95 Å². The summed E-state index contributed by atoms with van der Waals surface area (Å²) in [4.78, 5) is 14.2. The molecular weight excluding hydrogens is 350 g/mol. The Morgan fingerprint density at radius 3 is 2.50 bits per heavy atom. The van der Waals surface area contributed by atoms with Crippen molar-refractivity contribution >= 4 is 40.1 Å². The van der Waals surface area contributed by atoms with E-state index in [2.05, 4.69) is 27.1 Å². The lowest BCUT2D eigenvalue weighted by molar-refractivity contribution is 0.270. The number of aryl methyl sites for hydroxylation is 1. The Morgan fingerprint density at radius 1 is 1.08 bits per heavy atom. The first-order valence-electron chi connectivity index (χ1n) is 8.83. The Kier molecular flexibility index (Phi) is 4.65. The van der Waals surface area contributed by atoms with Crippen molar-refractivity contribution < 1.29 is 0 Å². The zero-order chi connectivity index (χ0) is 18.1. The first-order valence-corrected chi connectivity index (χ1v) is 9.21. The maximum atomic E-state index is 5.99. The third-order valence-electron chi connectivity index (χ3n) is 4.79. The quantitative estimate of drug-likeness (QED) is 0.760. The van der Waals surface area contributed by atoms with Crippen LogP contribution in [0.5, 0.6) is 0 Å². The Hall–Kier alpha value is -2.38. The highest BCUT2D eigenvalue weighted by Crippen LogP contribution is 2.27. The van der Waals surface area contributed by atoms with Crippen molar-refractivity contribution in [3.63, 3.8) is 0 Å². The summed E-state index contributed by atoms with van der Waals surface area (Å²) in [5.74, 6) is 1.51. The molecule has 1 fully saturated rings. The summed E-state index contributed by atoms with van der Waals surface area (Å²) in [6, 6.07) is 7.59. The molecule has 1 aliphatic rings. The molecule has 0 spiro atoms. The highest BCUT2D eigenvalue weighted by molar-refractivity contribution is 6.30. The monoisotopic (exact) mass is 371 g/mol. The fourth-order valence-electron chi connectivity index (χ4n) is 3.18. The molecule has 0 radical (unpaired) electrons. The molecule has 26 heavy (non-hydrogen) atoms. The molecule has 1 N–H and O–H groups in total. The average Bonchev–Trinajstić information content (AvgIpc) is 3.05. The molecule has 0 unspecified atom stereocenters. The third kappa shape index (κ3) is 3.32. The zero-order valence-electron chi connectivity index (χ0n) is 15.0. The number of hydrogen-bond donors (Lipinski definition) is 1. The number of fused-ring (bicyclic) bond motifs is 1. The van der Waals surface area contributed by atoms with Gasteiger partial charge in [-0.15, -0.1) is 0 Å². The average molecular weight is 372 g/mol. The molecule has 2 aromatic heterocycles. The minimum absolute atomic E-state index is 0.708. The number of benzene rings is 1. The largest absolute Gasteiger partial charge is 0.339 e. The van der Waals surface area contributed by atoms with Crippen molar-refractivity contribution in [1.82, 2.24) is 24.6 Å². The van der Waals surface area contributed by atoms with Gasteiger partial charge in [0.25, 0.3) is 0 Å².